The predicted molar refractivity (Wildman–Crippen MR) is 73.4 cm³/mol. The molecule has 0 saturated carbocycles. The van der Waals surface area contributed by atoms with Crippen LogP contribution >= 0.6 is 11.6 Å². The monoisotopic (exact) mass is 314 g/mol. The molecule has 8 heteroatoms. The minimum atomic E-state index is -1.10. The van der Waals surface area contributed by atoms with E-state index >= 15 is 0 Å². The number of hydrogen-bond donors (Lipinski definition) is 2. The third kappa shape index (κ3) is 5.23. The van der Waals surface area contributed by atoms with E-state index in [0.717, 1.165) is 6.07 Å². The largest absolute Gasteiger partial charge is 0.452 e. The lowest BCUT2D eigenvalue weighted by molar-refractivity contribution is -0.123. The number of imide groups is 1. The third-order valence-corrected chi connectivity index (χ3v) is 2.48. The number of esters is 1. The molecule has 3 amide bonds. The number of nitrogens with one attached hydrogen (secondary N) is 2. The van der Waals surface area contributed by atoms with E-state index in [2.05, 4.69) is 16.6 Å². The average molecular weight is 315 g/mol. The first-order valence-electron chi connectivity index (χ1n) is 5.75. The van der Waals surface area contributed by atoms with E-state index in [-0.39, 0.29) is 11.6 Å². The second-order valence-electron chi connectivity index (χ2n) is 3.72. The van der Waals surface area contributed by atoms with Gasteiger partial charge in [-0.15, -0.1) is 6.58 Å². The summed E-state index contributed by atoms with van der Waals surface area (Å²) in [5.41, 5.74) is -0.469. The first-order chi connectivity index (χ1) is 9.95. The number of ether oxygens (including phenoxy) is 1. The van der Waals surface area contributed by atoms with E-state index in [0.29, 0.717) is 0 Å². The van der Waals surface area contributed by atoms with Crippen molar-refractivity contribution in [2.45, 2.75) is 0 Å². The van der Waals surface area contributed by atoms with Gasteiger partial charge in [0, 0.05) is 6.54 Å². The van der Waals surface area contributed by atoms with E-state index in [4.69, 9.17) is 11.6 Å². The second kappa shape index (κ2) is 8.01. The summed E-state index contributed by atoms with van der Waals surface area (Å²) in [6.07, 6.45) is 1.42. The minimum Gasteiger partial charge on any atom is -0.452 e. The van der Waals surface area contributed by atoms with E-state index < -0.39 is 35.9 Å². The molecule has 6 nitrogen and oxygen atoms in total. The normalized spacial score (nSPS) is 9.62. The molecule has 0 saturated heterocycles. The van der Waals surface area contributed by atoms with Crippen molar-refractivity contribution >= 4 is 29.5 Å². The highest BCUT2D eigenvalue weighted by Crippen LogP contribution is 2.19. The van der Waals surface area contributed by atoms with Crippen molar-refractivity contribution in [3.05, 3.63) is 47.3 Å². The maximum absolute atomic E-state index is 13.4. The number of hydrogen-bond acceptors (Lipinski definition) is 4. The van der Waals surface area contributed by atoms with Crippen molar-refractivity contribution in [1.29, 1.82) is 0 Å². The molecule has 112 valence electrons. The fourth-order valence-electron chi connectivity index (χ4n) is 1.27. The fourth-order valence-corrected chi connectivity index (χ4v) is 1.51. The molecule has 0 heterocycles. The first-order valence-corrected chi connectivity index (χ1v) is 6.13. The van der Waals surface area contributed by atoms with Crippen LogP contribution in [0.5, 0.6) is 0 Å². The molecule has 0 fully saturated rings. The van der Waals surface area contributed by atoms with Crippen LogP contribution in [0.25, 0.3) is 0 Å². The molecular weight excluding hydrogens is 303 g/mol. The number of urea groups is 1. The van der Waals surface area contributed by atoms with Gasteiger partial charge in [-0.2, -0.15) is 0 Å². The van der Waals surface area contributed by atoms with Crippen LogP contribution in [0.3, 0.4) is 0 Å². The second-order valence-corrected chi connectivity index (χ2v) is 4.13. The summed E-state index contributed by atoms with van der Waals surface area (Å²) < 4.78 is 18.0. The van der Waals surface area contributed by atoms with Crippen LogP contribution < -0.4 is 10.6 Å². The maximum Gasteiger partial charge on any atom is 0.343 e. The molecule has 1 aromatic carbocycles. The molecule has 0 aliphatic heterocycles. The summed E-state index contributed by atoms with van der Waals surface area (Å²) >= 11 is 5.67. The van der Waals surface area contributed by atoms with Gasteiger partial charge in [0.2, 0.25) is 0 Å². The fraction of sp³-hybridized carbons (Fsp3) is 0.154. The van der Waals surface area contributed by atoms with Gasteiger partial charge in [-0.05, 0) is 12.1 Å². The number of rotatable bonds is 5. The van der Waals surface area contributed by atoms with E-state index in [1.807, 2.05) is 5.32 Å². The van der Waals surface area contributed by atoms with Gasteiger partial charge in [-0.25, -0.2) is 14.0 Å². The Kier molecular flexibility index (Phi) is 6.35. The van der Waals surface area contributed by atoms with Gasteiger partial charge in [-0.3, -0.25) is 10.1 Å². The van der Waals surface area contributed by atoms with Gasteiger partial charge in [0.05, 0.1) is 5.02 Å². The van der Waals surface area contributed by atoms with E-state index in [1.165, 1.54) is 18.2 Å². The Labute approximate surface area is 124 Å². The molecule has 0 radical (unpaired) electrons. The summed E-state index contributed by atoms with van der Waals surface area (Å²) in [6.45, 7) is 2.80. The zero-order valence-electron chi connectivity index (χ0n) is 10.8. The van der Waals surface area contributed by atoms with Crippen LogP contribution in [-0.4, -0.2) is 31.1 Å². The Bertz CT molecular complexity index is 557. The molecular formula is C13H12ClFN2O4. The van der Waals surface area contributed by atoms with Gasteiger partial charge in [0.25, 0.3) is 5.91 Å². The van der Waals surface area contributed by atoms with Gasteiger partial charge in [-0.1, -0.05) is 23.7 Å². The highest BCUT2D eigenvalue weighted by molar-refractivity contribution is 6.33. The molecule has 0 atom stereocenters. The van der Waals surface area contributed by atoms with E-state index in [9.17, 15) is 18.8 Å². The van der Waals surface area contributed by atoms with Crippen LogP contribution in [0.1, 0.15) is 10.4 Å². The zero-order chi connectivity index (χ0) is 15.8. The van der Waals surface area contributed by atoms with Gasteiger partial charge in [0.15, 0.2) is 6.61 Å². The highest BCUT2D eigenvalue weighted by Gasteiger charge is 2.18. The molecule has 1 aromatic rings. The molecule has 0 unspecified atom stereocenters. The lowest BCUT2D eigenvalue weighted by atomic mass is 10.2. The Morgan fingerprint density at radius 2 is 2.10 bits per heavy atom. The number of carbonyl (C=O) groups excluding carboxylic acids is 3. The van der Waals surface area contributed by atoms with Crippen molar-refractivity contribution in [2.24, 2.45) is 0 Å². The predicted octanol–water partition coefficient (Wildman–Crippen LogP) is 1.65. The third-order valence-electron chi connectivity index (χ3n) is 2.16. The summed E-state index contributed by atoms with van der Waals surface area (Å²) in [6, 6.07) is 2.90. The number of amides is 3. The molecule has 0 spiro atoms. The number of carbonyl (C=O) groups is 3. The summed E-state index contributed by atoms with van der Waals surface area (Å²) in [7, 11) is 0. The van der Waals surface area contributed by atoms with Crippen LogP contribution in [0.15, 0.2) is 30.9 Å². The van der Waals surface area contributed by atoms with Crippen molar-refractivity contribution in [2.75, 3.05) is 13.2 Å². The molecule has 1 rings (SSSR count). The molecule has 0 aromatic heterocycles. The van der Waals surface area contributed by atoms with Crippen LogP contribution in [-0.2, 0) is 9.53 Å². The molecule has 2 N–H and O–H groups in total. The smallest absolute Gasteiger partial charge is 0.343 e. The van der Waals surface area contributed by atoms with Crippen LogP contribution in [0.2, 0.25) is 5.02 Å². The SMILES string of the molecule is C=CCNC(=O)NC(=O)COC(=O)c1c(F)cccc1Cl. The van der Waals surface area contributed by atoms with Crippen LogP contribution in [0, 0.1) is 5.82 Å². The van der Waals surface area contributed by atoms with Crippen molar-refractivity contribution in [3.8, 4) is 0 Å². The quantitative estimate of drug-likeness (QED) is 0.639. The summed E-state index contributed by atoms with van der Waals surface area (Å²) in [5.74, 6) is -2.83. The minimum absolute atomic E-state index is 0.135. The number of halogens is 2. The van der Waals surface area contributed by atoms with Gasteiger partial charge in [0.1, 0.15) is 11.4 Å². The number of benzene rings is 1. The first kappa shape index (κ1) is 16.6. The Morgan fingerprint density at radius 3 is 2.71 bits per heavy atom. The van der Waals surface area contributed by atoms with Crippen molar-refractivity contribution in [3.63, 3.8) is 0 Å². The Balaban J connectivity index is 2.51. The maximum atomic E-state index is 13.4. The topological polar surface area (TPSA) is 84.5 Å². The zero-order valence-corrected chi connectivity index (χ0v) is 11.6. The lowest BCUT2D eigenvalue weighted by Crippen LogP contribution is -2.41. The highest BCUT2D eigenvalue weighted by atomic mass is 35.5. The average Bonchev–Trinajstić information content (AvgIpc) is 2.42. The van der Waals surface area contributed by atoms with Gasteiger partial charge >= 0.3 is 12.0 Å². The molecule has 0 aliphatic rings. The Morgan fingerprint density at radius 1 is 1.38 bits per heavy atom. The van der Waals surface area contributed by atoms with Crippen molar-refractivity contribution < 1.29 is 23.5 Å². The lowest BCUT2D eigenvalue weighted by Gasteiger charge is -2.07. The molecule has 0 aliphatic carbocycles. The molecule has 21 heavy (non-hydrogen) atoms. The Hall–Kier alpha value is -2.41. The van der Waals surface area contributed by atoms with Gasteiger partial charge < -0.3 is 10.1 Å². The summed E-state index contributed by atoms with van der Waals surface area (Å²) in [4.78, 5) is 34.1. The molecule has 0 bridgehead atoms. The van der Waals surface area contributed by atoms with Crippen LogP contribution in [0.4, 0.5) is 9.18 Å². The van der Waals surface area contributed by atoms with E-state index in [1.54, 1.807) is 0 Å². The summed E-state index contributed by atoms with van der Waals surface area (Å²) in [5, 5.41) is 4.07. The standard InChI is InChI=1S/C13H12ClFN2O4/c1-2-6-16-13(20)17-10(18)7-21-12(19)11-8(14)4-3-5-9(11)15/h2-5H,1,6-7H2,(H2,16,17,18,20). The van der Waals surface area contributed by atoms with Crippen molar-refractivity contribution in [1.82, 2.24) is 10.6 Å².